The molecular weight excluding hydrogens is 318 g/mol. The molecule has 1 aromatic heterocycles. The number of nitrogens with zero attached hydrogens (tertiary/aromatic N) is 2. The van der Waals surface area contributed by atoms with Gasteiger partial charge in [-0.05, 0) is 41.9 Å². The number of hydrogen-bond donors (Lipinski definition) is 1. The number of fused-ring (bicyclic) bond motifs is 1. The van der Waals surface area contributed by atoms with E-state index in [0.717, 1.165) is 21.1 Å². The molecule has 0 saturated carbocycles. The Morgan fingerprint density at radius 2 is 2.20 bits per heavy atom. The molecule has 1 N–H and O–H groups in total. The Bertz CT molecular complexity index is 628. The highest BCUT2D eigenvalue weighted by molar-refractivity contribution is 9.10. The number of carbonyl (C=O) groups is 1. The number of hydrogen-bond acceptors (Lipinski definition) is 3. The van der Waals surface area contributed by atoms with E-state index in [4.69, 9.17) is 0 Å². The molecule has 2 aromatic rings. The Kier molecular flexibility index (Phi) is 4.60. The van der Waals surface area contributed by atoms with E-state index < -0.39 is 0 Å². The third-order valence-electron chi connectivity index (χ3n) is 3.28. The summed E-state index contributed by atoms with van der Waals surface area (Å²) in [5, 5.41) is 4.21. The number of para-hydroxylation sites is 1. The second-order valence-corrected chi connectivity index (χ2v) is 5.90. The number of benzene rings is 1. The van der Waals surface area contributed by atoms with Gasteiger partial charge < -0.3 is 10.2 Å². The van der Waals surface area contributed by atoms with Crippen molar-refractivity contribution in [2.75, 3.05) is 18.9 Å². The zero-order valence-corrected chi connectivity index (χ0v) is 13.4. The van der Waals surface area contributed by atoms with Gasteiger partial charge in [-0.1, -0.05) is 12.1 Å². The predicted octanol–water partition coefficient (Wildman–Crippen LogP) is 3.28. The van der Waals surface area contributed by atoms with Crippen LogP contribution in [0.5, 0.6) is 0 Å². The molecular formula is C15H18BrN3O. The Balaban J connectivity index is 2.16. The third kappa shape index (κ3) is 3.28. The van der Waals surface area contributed by atoms with Crippen molar-refractivity contribution in [1.82, 2.24) is 9.88 Å². The lowest BCUT2D eigenvalue weighted by molar-refractivity contribution is -0.129. The monoisotopic (exact) mass is 335 g/mol. The number of pyridine rings is 1. The van der Waals surface area contributed by atoms with Crippen LogP contribution in [0, 0.1) is 0 Å². The van der Waals surface area contributed by atoms with Crippen LogP contribution in [0.3, 0.4) is 0 Å². The number of nitrogens with one attached hydrogen (secondary N) is 1. The van der Waals surface area contributed by atoms with Crippen molar-refractivity contribution in [2.24, 2.45) is 0 Å². The van der Waals surface area contributed by atoms with Crippen LogP contribution in [0.15, 0.2) is 34.9 Å². The van der Waals surface area contributed by atoms with Gasteiger partial charge in [-0.2, -0.15) is 0 Å². The van der Waals surface area contributed by atoms with Gasteiger partial charge in [0.25, 0.3) is 0 Å². The smallest absolute Gasteiger partial charge is 0.241 e. The molecule has 0 aliphatic carbocycles. The molecule has 0 saturated heterocycles. The molecule has 0 fully saturated rings. The maximum Gasteiger partial charge on any atom is 0.241 e. The molecule has 0 spiro atoms. The van der Waals surface area contributed by atoms with E-state index in [2.05, 4.69) is 26.2 Å². The summed E-state index contributed by atoms with van der Waals surface area (Å²) in [6.07, 6.45) is 1.76. The van der Waals surface area contributed by atoms with Crippen molar-refractivity contribution < 1.29 is 4.79 Å². The lowest BCUT2D eigenvalue weighted by Crippen LogP contribution is -2.37. The summed E-state index contributed by atoms with van der Waals surface area (Å²) in [7, 11) is 1.81. The van der Waals surface area contributed by atoms with Crippen LogP contribution in [0.25, 0.3) is 10.9 Å². The van der Waals surface area contributed by atoms with Crippen LogP contribution in [0.2, 0.25) is 0 Å². The lowest BCUT2D eigenvalue weighted by Gasteiger charge is -2.22. The minimum absolute atomic E-state index is 0.0640. The van der Waals surface area contributed by atoms with Crippen molar-refractivity contribution >= 4 is 38.4 Å². The Morgan fingerprint density at radius 3 is 2.90 bits per heavy atom. The fourth-order valence-corrected chi connectivity index (χ4v) is 2.21. The van der Waals surface area contributed by atoms with Crippen molar-refractivity contribution in [1.29, 1.82) is 0 Å². The van der Waals surface area contributed by atoms with E-state index in [9.17, 15) is 4.79 Å². The molecule has 0 bridgehead atoms. The molecule has 106 valence electrons. The average molecular weight is 336 g/mol. The number of likely N-dealkylation sites (N-methyl/N-ethyl adjacent to an activating group) is 1. The van der Waals surface area contributed by atoms with Crippen LogP contribution in [0.1, 0.15) is 13.8 Å². The van der Waals surface area contributed by atoms with Gasteiger partial charge in [-0.25, -0.2) is 0 Å². The quantitative estimate of drug-likeness (QED) is 0.932. The second-order valence-electron chi connectivity index (χ2n) is 4.98. The molecule has 0 unspecified atom stereocenters. The van der Waals surface area contributed by atoms with Crippen LogP contribution in [-0.2, 0) is 4.79 Å². The molecule has 0 radical (unpaired) electrons. The van der Waals surface area contributed by atoms with Gasteiger partial charge in [-0.15, -0.1) is 0 Å². The van der Waals surface area contributed by atoms with E-state index >= 15 is 0 Å². The fourth-order valence-electron chi connectivity index (χ4n) is 1.86. The first-order valence-electron chi connectivity index (χ1n) is 6.53. The highest BCUT2D eigenvalue weighted by Crippen LogP contribution is 2.23. The first kappa shape index (κ1) is 14.8. The third-order valence-corrected chi connectivity index (χ3v) is 3.71. The van der Waals surface area contributed by atoms with Gasteiger partial charge >= 0.3 is 0 Å². The summed E-state index contributed by atoms with van der Waals surface area (Å²) in [5.74, 6) is 0.0640. The number of rotatable bonds is 4. The summed E-state index contributed by atoms with van der Waals surface area (Å²) in [6.45, 7) is 4.26. The molecule has 1 heterocycles. The van der Waals surface area contributed by atoms with Gasteiger partial charge in [0.05, 0.1) is 17.7 Å². The van der Waals surface area contributed by atoms with Crippen molar-refractivity contribution in [3.05, 3.63) is 34.9 Å². The van der Waals surface area contributed by atoms with Gasteiger partial charge in [0.2, 0.25) is 5.91 Å². The minimum Gasteiger partial charge on any atom is -0.374 e. The zero-order valence-electron chi connectivity index (χ0n) is 11.9. The van der Waals surface area contributed by atoms with Gasteiger partial charge in [0.15, 0.2) is 0 Å². The van der Waals surface area contributed by atoms with Crippen molar-refractivity contribution in [2.45, 2.75) is 19.9 Å². The Morgan fingerprint density at radius 1 is 1.45 bits per heavy atom. The molecule has 2 rings (SSSR count). The van der Waals surface area contributed by atoms with Gasteiger partial charge in [0.1, 0.15) is 0 Å². The van der Waals surface area contributed by atoms with Crippen LogP contribution in [0.4, 0.5) is 5.69 Å². The first-order chi connectivity index (χ1) is 9.49. The first-order valence-corrected chi connectivity index (χ1v) is 7.32. The molecule has 5 heteroatoms. The molecule has 0 aliphatic heterocycles. The highest BCUT2D eigenvalue weighted by Gasteiger charge is 2.12. The topological polar surface area (TPSA) is 45.2 Å². The zero-order chi connectivity index (χ0) is 14.7. The van der Waals surface area contributed by atoms with E-state index in [1.165, 1.54) is 0 Å². The van der Waals surface area contributed by atoms with Crippen LogP contribution < -0.4 is 5.32 Å². The molecule has 1 aromatic carbocycles. The maximum atomic E-state index is 12.0. The van der Waals surface area contributed by atoms with E-state index in [1.54, 1.807) is 11.1 Å². The average Bonchev–Trinajstić information content (AvgIpc) is 2.43. The minimum atomic E-state index is 0.0640. The number of carbonyl (C=O) groups excluding carboxylic acids is 1. The summed E-state index contributed by atoms with van der Waals surface area (Å²) in [4.78, 5) is 18.1. The Hall–Kier alpha value is -1.62. The molecule has 20 heavy (non-hydrogen) atoms. The van der Waals surface area contributed by atoms with E-state index in [1.807, 2.05) is 45.2 Å². The number of amides is 1. The number of halogens is 1. The summed E-state index contributed by atoms with van der Waals surface area (Å²) in [5.41, 5.74) is 1.75. The molecule has 0 atom stereocenters. The summed E-state index contributed by atoms with van der Waals surface area (Å²) >= 11 is 3.41. The fraction of sp³-hybridized carbons (Fsp3) is 0.333. The van der Waals surface area contributed by atoms with Gasteiger partial charge in [-0.3, -0.25) is 9.78 Å². The van der Waals surface area contributed by atoms with Crippen molar-refractivity contribution in [3.8, 4) is 0 Å². The highest BCUT2D eigenvalue weighted by atomic mass is 79.9. The summed E-state index contributed by atoms with van der Waals surface area (Å²) in [6, 6.07) is 8.10. The maximum absolute atomic E-state index is 12.0. The molecule has 1 amide bonds. The number of aromatic nitrogens is 1. The van der Waals surface area contributed by atoms with Crippen molar-refractivity contribution in [3.63, 3.8) is 0 Å². The summed E-state index contributed by atoms with van der Waals surface area (Å²) < 4.78 is 0.942. The lowest BCUT2D eigenvalue weighted by atomic mass is 10.2. The molecule has 0 aliphatic rings. The standard InChI is InChI=1S/C15H18BrN3O/c1-10(2)19(3)14(20)9-17-13-6-4-5-11-7-12(16)8-18-15(11)13/h4-8,10,17H,9H2,1-3H3. The van der Waals surface area contributed by atoms with Crippen LogP contribution in [-0.4, -0.2) is 35.4 Å². The van der Waals surface area contributed by atoms with Gasteiger partial charge in [0, 0.05) is 29.1 Å². The number of anilines is 1. The molecule has 4 nitrogen and oxygen atoms in total. The van der Waals surface area contributed by atoms with E-state index in [-0.39, 0.29) is 18.5 Å². The van der Waals surface area contributed by atoms with E-state index in [0.29, 0.717) is 0 Å². The SMILES string of the molecule is CC(C)N(C)C(=O)CNc1cccc2cc(Br)cnc12. The van der Waals surface area contributed by atoms with Crippen LogP contribution >= 0.6 is 15.9 Å². The second kappa shape index (κ2) is 6.22. The normalized spacial score (nSPS) is 10.8. The Labute approximate surface area is 127 Å². The largest absolute Gasteiger partial charge is 0.374 e. The predicted molar refractivity (Wildman–Crippen MR) is 85.8 cm³/mol.